The number of carbonyl (C=O) groups is 1. The van der Waals surface area contributed by atoms with Crippen molar-refractivity contribution in [2.24, 2.45) is 5.92 Å². The summed E-state index contributed by atoms with van der Waals surface area (Å²) < 4.78 is 34.2. The highest BCUT2D eigenvalue weighted by atomic mass is 79.9. The van der Waals surface area contributed by atoms with Gasteiger partial charge in [0.05, 0.1) is 17.2 Å². The fourth-order valence-electron chi connectivity index (χ4n) is 3.31. The molecule has 0 saturated heterocycles. The molecule has 2 aromatic carbocycles. The summed E-state index contributed by atoms with van der Waals surface area (Å²) >= 11 is 3.33. The summed E-state index contributed by atoms with van der Waals surface area (Å²) in [6.45, 7) is 6.90. The van der Waals surface area contributed by atoms with Crippen molar-refractivity contribution in [2.45, 2.75) is 51.3 Å². The van der Waals surface area contributed by atoms with Crippen LogP contribution in [0.3, 0.4) is 0 Å². The monoisotopic (exact) mass is 524 g/mol. The van der Waals surface area contributed by atoms with Gasteiger partial charge in [-0.1, -0.05) is 49.0 Å². The molecule has 32 heavy (non-hydrogen) atoms. The van der Waals surface area contributed by atoms with Crippen molar-refractivity contribution in [3.05, 3.63) is 53.0 Å². The van der Waals surface area contributed by atoms with E-state index in [4.69, 9.17) is 4.74 Å². The second-order valence-corrected chi connectivity index (χ2v) is 10.4. The molecule has 1 unspecified atom stereocenters. The van der Waals surface area contributed by atoms with Crippen LogP contribution in [0, 0.1) is 5.92 Å². The Bertz CT molecular complexity index is 947. The predicted molar refractivity (Wildman–Crippen MR) is 133 cm³/mol. The van der Waals surface area contributed by atoms with Crippen molar-refractivity contribution in [1.29, 1.82) is 0 Å². The standard InChI is InChI=1S/C24H33BrN2O4S/c1-4-7-8-19(5-2)17-26-24(28)18-27(21-11-13-22(14-12-21)31-6-3)32(29,30)23-15-9-20(25)10-16-23/h9-16,19H,4-8,17-18H2,1-3H3,(H,26,28). The van der Waals surface area contributed by atoms with E-state index in [1.54, 1.807) is 36.4 Å². The molecule has 0 saturated carbocycles. The van der Waals surface area contributed by atoms with E-state index in [-0.39, 0.29) is 17.3 Å². The van der Waals surface area contributed by atoms with Crippen LogP contribution in [0.2, 0.25) is 0 Å². The van der Waals surface area contributed by atoms with Gasteiger partial charge in [-0.15, -0.1) is 0 Å². The van der Waals surface area contributed by atoms with Gasteiger partial charge >= 0.3 is 0 Å². The number of amides is 1. The molecule has 0 fully saturated rings. The molecular formula is C24H33BrN2O4S. The third kappa shape index (κ3) is 7.52. The van der Waals surface area contributed by atoms with Crippen LogP contribution in [0.5, 0.6) is 5.75 Å². The van der Waals surface area contributed by atoms with Crippen molar-refractivity contribution in [2.75, 3.05) is 24.0 Å². The maximum absolute atomic E-state index is 13.4. The Morgan fingerprint density at radius 1 is 1.06 bits per heavy atom. The topological polar surface area (TPSA) is 75.7 Å². The lowest BCUT2D eigenvalue weighted by molar-refractivity contribution is -0.119. The molecule has 0 spiro atoms. The third-order valence-corrected chi connectivity index (χ3v) is 7.57. The molecule has 1 N–H and O–H groups in total. The smallest absolute Gasteiger partial charge is 0.264 e. The van der Waals surface area contributed by atoms with Crippen LogP contribution in [0.25, 0.3) is 0 Å². The Kier molecular flexibility index (Phi) is 10.5. The first-order valence-electron chi connectivity index (χ1n) is 11.1. The molecular weight excluding hydrogens is 492 g/mol. The van der Waals surface area contributed by atoms with Crippen molar-refractivity contribution >= 4 is 37.5 Å². The number of ether oxygens (including phenoxy) is 1. The van der Waals surface area contributed by atoms with E-state index in [2.05, 4.69) is 35.1 Å². The van der Waals surface area contributed by atoms with E-state index < -0.39 is 10.0 Å². The lowest BCUT2D eigenvalue weighted by atomic mass is 9.99. The summed E-state index contributed by atoms with van der Waals surface area (Å²) in [7, 11) is -3.94. The van der Waals surface area contributed by atoms with Gasteiger partial charge in [0.25, 0.3) is 10.0 Å². The van der Waals surface area contributed by atoms with Crippen molar-refractivity contribution in [3.8, 4) is 5.75 Å². The number of hydrogen-bond donors (Lipinski definition) is 1. The van der Waals surface area contributed by atoms with Crippen LogP contribution in [-0.2, 0) is 14.8 Å². The summed E-state index contributed by atoms with van der Waals surface area (Å²) in [6, 6.07) is 13.1. The van der Waals surface area contributed by atoms with E-state index in [0.29, 0.717) is 30.5 Å². The number of rotatable bonds is 13. The molecule has 0 aromatic heterocycles. The summed E-state index contributed by atoms with van der Waals surface area (Å²) in [5, 5.41) is 2.93. The molecule has 0 aliphatic rings. The molecule has 6 nitrogen and oxygen atoms in total. The van der Waals surface area contributed by atoms with Crippen molar-refractivity contribution in [3.63, 3.8) is 0 Å². The van der Waals surface area contributed by atoms with Crippen LogP contribution >= 0.6 is 15.9 Å². The maximum atomic E-state index is 13.4. The highest BCUT2D eigenvalue weighted by Crippen LogP contribution is 2.26. The molecule has 1 atom stereocenters. The Morgan fingerprint density at radius 2 is 1.72 bits per heavy atom. The molecule has 2 aromatic rings. The van der Waals surface area contributed by atoms with Gasteiger partial charge in [0.15, 0.2) is 0 Å². The summed E-state index contributed by atoms with van der Waals surface area (Å²) in [5.74, 6) is 0.707. The second kappa shape index (κ2) is 12.8. The largest absolute Gasteiger partial charge is 0.494 e. The minimum absolute atomic E-state index is 0.122. The van der Waals surface area contributed by atoms with E-state index in [1.165, 1.54) is 12.1 Å². The van der Waals surface area contributed by atoms with E-state index >= 15 is 0 Å². The van der Waals surface area contributed by atoms with Crippen molar-refractivity contribution < 1.29 is 17.9 Å². The van der Waals surface area contributed by atoms with Crippen LogP contribution in [-0.4, -0.2) is 34.0 Å². The second-order valence-electron chi connectivity index (χ2n) is 7.61. The number of unbranched alkanes of at least 4 members (excludes halogenated alkanes) is 1. The van der Waals surface area contributed by atoms with E-state index in [1.807, 2.05) is 6.92 Å². The Balaban J connectivity index is 2.25. The Morgan fingerprint density at radius 3 is 2.28 bits per heavy atom. The fourth-order valence-corrected chi connectivity index (χ4v) is 5.00. The summed E-state index contributed by atoms with van der Waals surface area (Å²) in [4.78, 5) is 12.9. The molecule has 176 valence electrons. The van der Waals surface area contributed by atoms with Crippen LogP contribution in [0.15, 0.2) is 57.9 Å². The van der Waals surface area contributed by atoms with Gasteiger partial charge in [-0.3, -0.25) is 9.10 Å². The first kappa shape index (κ1) is 26.2. The lowest BCUT2D eigenvalue weighted by Crippen LogP contribution is -2.42. The predicted octanol–water partition coefficient (Wildman–Crippen LogP) is 5.38. The van der Waals surface area contributed by atoms with Gasteiger partial charge in [0.2, 0.25) is 5.91 Å². The number of nitrogens with zero attached hydrogens (tertiary/aromatic N) is 1. The minimum atomic E-state index is -3.94. The molecule has 2 rings (SSSR count). The lowest BCUT2D eigenvalue weighted by Gasteiger charge is -2.25. The van der Waals surface area contributed by atoms with Gasteiger partial charge in [0, 0.05) is 11.0 Å². The molecule has 0 aliphatic carbocycles. The Hall–Kier alpha value is -2.06. The van der Waals surface area contributed by atoms with Crippen LogP contribution in [0.4, 0.5) is 5.69 Å². The Labute approximate surface area is 200 Å². The molecule has 8 heteroatoms. The zero-order valence-corrected chi connectivity index (χ0v) is 21.4. The normalized spacial score (nSPS) is 12.2. The molecule has 0 radical (unpaired) electrons. The molecule has 0 aliphatic heterocycles. The van der Waals surface area contributed by atoms with E-state index in [9.17, 15) is 13.2 Å². The average Bonchev–Trinajstić information content (AvgIpc) is 2.78. The number of nitrogens with one attached hydrogen (secondary N) is 1. The zero-order chi connectivity index (χ0) is 23.6. The van der Waals surface area contributed by atoms with Gasteiger partial charge < -0.3 is 10.1 Å². The van der Waals surface area contributed by atoms with Gasteiger partial charge in [0.1, 0.15) is 12.3 Å². The van der Waals surface area contributed by atoms with Gasteiger partial charge in [-0.2, -0.15) is 0 Å². The van der Waals surface area contributed by atoms with Gasteiger partial charge in [-0.25, -0.2) is 8.42 Å². The number of sulfonamides is 1. The summed E-state index contributed by atoms with van der Waals surface area (Å²) in [5.41, 5.74) is 0.407. The zero-order valence-electron chi connectivity index (χ0n) is 19.0. The number of anilines is 1. The molecule has 0 heterocycles. The molecule has 0 bridgehead atoms. The van der Waals surface area contributed by atoms with E-state index in [0.717, 1.165) is 34.5 Å². The maximum Gasteiger partial charge on any atom is 0.264 e. The third-order valence-electron chi connectivity index (χ3n) is 5.26. The fraction of sp³-hybridized carbons (Fsp3) is 0.458. The molecule has 1 amide bonds. The number of benzene rings is 2. The highest BCUT2D eigenvalue weighted by Gasteiger charge is 2.27. The average molecular weight is 526 g/mol. The number of halogens is 1. The highest BCUT2D eigenvalue weighted by molar-refractivity contribution is 9.10. The first-order chi connectivity index (χ1) is 15.3. The quantitative estimate of drug-likeness (QED) is 0.381. The first-order valence-corrected chi connectivity index (χ1v) is 13.3. The van der Waals surface area contributed by atoms with Gasteiger partial charge in [-0.05, 0) is 67.8 Å². The van der Waals surface area contributed by atoms with Crippen molar-refractivity contribution in [1.82, 2.24) is 5.32 Å². The number of carbonyl (C=O) groups excluding carboxylic acids is 1. The number of hydrogen-bond acceptors (Lipinski definition) is 4. The van der Waals surface area contributed by atoms with Crippen LogP contribution in [0.1, 0.15) is 46.5 Å². The summed E-state index contributed by atoms with van der Waals surface area (Å²) in [6.07, 6.45) is 4.25. The minimum Gasteiger partial charge on any atom is -0.494 e. The van der Waals surface area contributed by atoms with Crippen LogP contribution < -0.4 is 14.4 Å². The SMILES string of the molecule is CCCCC(CC)CNC(=O)CN(c1ccc(OCC)cc1)S(=O)(=O)c1ccc(Br)cc1.